The van der Waals surface area contributed by atoms with E-state index in [1.54, 1.807) is 11.1 Å². The molecule has 0 N–H and O–H groups in total. The zero-order valence-corrected chi connectivity index (χ0v) is 26.2. The SMILES string of the molecule is CC(Cc1cccc(C(C)(C)C)c1C(C)(C)C)c1cc(C(C)(C)C)cc(C(C)(C)C)c1C(C)(C)C. The highest BCUT2D eigenvalue weighted by atomic mass is 14.4. The fourth-order valence-electron chi connectivity index (χ4n) is 5.64. The van der Waals surface area contributed by atoms with E-state index in [0.29, 0.717) is 5.92 Å². The van der Waals surface area contributed by atoms with Gasteiger partial charge in [0.25, 0.3) is 0 Å². The van der Waals surface area contributed by atoms with Crippen molar-refractivity contribution in [3.8, 4) is 0 Å². The normalized spacial score (nSPS) is 14.9. The third kappa shape index (κ3) is 6.81. The Morgan fingerprint density at radius 2 is 1.03 bits per heavy atom. The highest BCUT2D eigenvalue weighted by Gasteiger charge is 2.33. The first-order valence-corrected chi connectivity index (χ1v) is 13.8. The zero-order chi connectivity index (χ0) is 27.4. The first kappa shape index (κ1) is 29.7. The van der Waals surface area contributed by atoms with Crippen molar-refractivity contribution >= 4 is 0 Å². The van der Waals surface area contributed by atoms with Crippen LogP contribution < -0.4 is 0 Å². The third-order valence-electron chi connectivity index (χ3n) is 7.36. The second-order valence-corrected chi connectivity index (χ2v) is 16.2. The smallest absolute Gasteiger partial charge is 0.0126 e. The van der Waals surface area contributed by atoms with Gasteiger partial charge in [-0.1, -0.05) is 141 Å². The monoisotopic (exact) mass is 476 g/mol. The topological polar surface area (TPSA) is 0 Å². The zero-order valence-electron chi connectivity index (χ0n) is 26.2. The van der Waals surface area contributed by atoms with Crippen LogP contribution >= 0.6 is 0 Å². The largest absolute Gasteiger partial charge is 0.0617 e. The molecule has 0 aliphatic carbocycles. The molecular weight excluding hydrogens is 420 g/mol. The van der Waals surface area contributed by atoms with E-state index in [0.717, 1.165) is 6.42 Å². The van der Waals surface area contributed by atoms with Crippen LogP contribution in [0.2, 0.25) is 0 Å². The lowest BCUT2D eigenvalue weighted by Crippen LogP contribution is -2.27. The minimum Gasteiger partial charge on any atom is -0.0617 e. The molecule has 0 bridgehead atoms. The molecule has 1 unspecified atom stereocenters. The molecule has 0 saturated carbocycles. The van der Waals surface area contributed by atoms with Crippen LogP contribution in [0.25, 0.3) is 0 Å². The van der Waals surface area contributed by atoms with Crippen LogP contribution in [0.5, 0.6) is 0 Å². The summed E-state index contributed by atoms with van der Waals surface area (Å²) in [6.07, 6.45) is 1.07. The van der Waals surface area contributed by atoms with Gasteiger partial charge >= 0.3 is 0 Å². The van der Waals surface area contributed by atoms with Crippen LogP contribution in [0.4, 0.5) is 0 Å². The molecule has 0 heteroatoms. The Balaban J connectivity index is 2.84. The highest BCUT2D eigenvalue weighted by molar-refractivity contribution is 5.51. The van der Waals surface area contributed by atoms with Gasteiger partial charge in [0.2, 0.25) is 0 Å². The predicted molar refractivity (Wildman–Crippen MR) is 159 cm³/mol. The molecule has 0 spiro atoms. The van der Waals surface area contributed by atoms with Gasteiger partial charge in [0.15, 0.2) is 0 Å². The van der Waals surface area contributed by atoms with Crippen molar-refractivity contribution in [3.63, 3.8) is 0 Å². The Hall–Kier alpha value is -1.56. The van der Waals surface area contributed by atoms with Gasteiger partial charge in [0.1, 0.15) is 0 Å². The first-order chi connectivity index (χ1) is 15.5. The summed E-state index contributed by atoms with van der Waals surface area (Å²) < 4.78 is 0. The first-order valence-electron chi connectivity index (χ1n) is 13.8. The molecule has 2 aromatic rings. The maximum atomic E-state index is 2.55. The Morgan fingerprint density at radius 3 is 1.43 bits per heavy atom. The summed E-state index contributed by atoms with van der Waals surface area (Å²) in [5.74, 6) is 0.434. The van der Waals surface area contributed by atoms with Crippen LogP contribution in [0, 0.1) is 0 Å². The molecule has 0 aromatic heterocycles. The van der Waals surface area contributed by atoms with E-state index in [-0.39, 0.29) is 27.1 Å². The van der Waals surface area contributed by atoms with Crippen molar-refractivity contribution in [3.05, 3.63) is 69.3 Å². The maximum Gasteiger partial charge on any atom is -0.0126 e. The van der Waals surface area contributed by atoms with Gasteiger partial charge in [0.05, 0.1) is 0 Å². The van der Waals surface area contributed by atoms with Gasteiger partial charge in [-0.3, -0.25) is 0 Å². The Morgan fingerprint density at radius 1 is 0.543 bits per heavy atom. The summed E-state index contributed by atoms with van der Waals surface area (Å²) in [5, 5.41) is 0. The van der Waals surface area contributed by atoms with E-state index < -0.39 is 0 Å². The van der Waals surface area contributed by atoms with Gasteiger partial charge in [-0.15, -0.1) is 0 Å². The van der Waals surface area contributed by atoms with Gasteiger partial charge in [-0.05, 0) is 78.4 Å². The van der Waals surface area contributed by atoms with E-state index in [1.165, 1.54) is 27.8 Å². The molecular formula is C35H56. The van der Waals surface area contributed by atoms with E-state index in [2.05, 4.69) is 141 Å². The minimum absolute atomic E-state index is 0.0860. The standard InChI is InChI=1S/C35H56/c1-23(20-24-18-17-19-27(32(5,6)7)29(24)34(11,12)13)26-21-25(31(2,3)4)22-28(33(8,9)10)30(26)35(14,15)16/h17-19,21-23H,20H2,1-16H3. The molecule has 2 aromatic carbocycles. The second kappa shape index (κ2) is 9.39. The maximum absolute atomic E-state index is 2.55. The highest BCUT2D eigenvalue weighted by Crippen LogP contribution is 2.44. The van der Waals surface area contributed by atoms with Crippen molar-refractivity contribution < 1.29 is 0 Å². The van der Waals surface area contributed by atoms with Crippen molar-refractivity contribution in [2.45, 2.75) is 150 Å². The average Bonchev–Trinajstić information content (AvgIpc) is 2.63. The van der Waals surface area contributed by atoms with E-state index in [9.17, 15) is 0 Å². The van der Waals surface area contributed by atoms with Gasteiger partial charge in [-0.2, -0.15) is 0 Å². The van der Waals surface area contributed by atoms with Crippen molar-refractivity contribution in [1.82, 2.24) is 0 Å². The Bertz CT molecular complexity index is 1030. The molecule has 196 valence electrons. The summed E-state index contributed by atoms with van der Waals surface area (Å²) >= 11 is 0. The molecule has 0 radical (unpaired) electrons. The van der Waals surface area contributed by atoms with Gasteiger partial charge in [0, 0.05) is 0 Å². The van der Waals surface area contributed by atoms with Gasteiger partial charge < -0.3 is 0 Å². The van der Waals surface area contributed by atoms with E-state index in [1.807, 2.05) is 0 Å². The van der Waals surface area contributed by atoms with Crippen LogP contribution in [-0.4, -0.2) is 0 Å². The average molecular weight is 477 g/mol. The lowest BCUT2D eigenvalue weighted by Gasteiger charge is -2.37. The molecule has 0 saturated heterocycles. The Kier molecular flexibility index (Phi) is 7.96. The summed E-state index contributed by atoms with van der Waals surface area (Å²) in [6, 6.07) is 12.1. The van der Waals surface area contributed by atoms with Crippen LogP contribution in [0.1, 0.15) is 156 Å². The predicted octanol–water partition coefficient (Wildman–Crippen LogP) is 10.5. The molecule has 2 rings (SSSR count). The Labute approximate surface area is 219 Å². The summed E-state index contributed by atoms with van der Waals surface area (Å²) in [6.45, 7) is 38.0. The summed E-state index contributed by atoms with van der Waals surface area (Å²) in [5.41, 5.74) is 11.1. The van der Waals surface area contributed by atoms with Crippen molar-refractivity contribution in [2.75, 3.05) is 0 Å². The molecule has 0 amide bonds. The molecule has 0 heterocycles. The number of benzene rings is 2. The fraction of sp³-hybridized carbons (Fsp3) is 0.657. The molecule has 0 fully saturated rings. The summed E-state index contributed by atoms with van der Waals surface area (Å²) in [4.78, 5) is 0. The van der Waals surface area contributed by atoms with Crippen LogP contribution in [0.15, 0.2) is 30.3 Å². The number of hydrogen-bond acceptors (Lipinski definition) is 0. The third-order valence-corrected chi connectivity index (χ3v) is 7.36. The molecule has 35 heavy (non-hydrogen) atoms. The van der Waals surface area contributed by atoms with Crippen molar-refractivity contribution in [1.29, 1.82) is 0 Å². The summed E-state index contributed by atoms with van der Waals surface area (Å²) in [7, 11) is 0. The fourth-order valence-corrected chi connectivity index (χ4v) is 5.64. The molecule has 1 atom stereocenters. The molecule has 0 nitrogen and oxygen atoms in total. The molecule has 0 aliphatic rings. The minimum atomic E-state index is 0.0860. The molecule has 0 aliphatic heterocycles. The quantitative estimate of drug-likeness (QED) is 0.413. The lowest BCUT2D eigenvalue weighted by atomic mass is 9.67. The second-order valence-electron chi connectivity index (χ2n) is 16.2. The number of rotatable bonds is 3. The van der Waals surface area contributed by atoms with Crippen LogP contribution in [-0.2, 0) is 33.5 Å². The van der Waals surface area contributed by atoms with E-state index >= 15 is 0 Å². The van der Waals surface area contributed by atoms with Gasteiger partial charge in [-0.25, -0.2) is 0 Å². The number of hydrogen-bond donors (Lipinski definition) is 0. The lowest BCUT2D eigenvalue weighted by molar-refractivity contribution is 0.508. The van der Waals surface area contributed by atoms with Crippen LogP contribution in [0.3, 0.4) is 0 Å². The van der Waals surface area contributed by atoms with Crippen molar-refractivity contribution in [2.24, 2.45) is 0 Å². The van der Waals surface area contributed by atoms with E-state index in [4.69, 9.17) is 0 Å².